The van der Waals surface area contributed by atoms with E-state index in [9.17, 15) is 0 Å². The summed E-state index contributed by atoms with van der Waals surface area (Å²) in [6.45, 7) is 2.16. The molecule has 3 rings (SSSR count). The molecule has 0 aromatic carbocycles. The number of thiophene rings is 1. The molecule has 0 saturated carbocycles. The first-order chi connectivity index (χ1) is 8.81. The third-order valence-corrected chi connectivity index (χ3v) is 3.91. The molecule has 2 N–H and O–H groups in total. The Morgan fingerprint density at radius 2 is 2.17 bits per heavy atom. The van der Waals surface area contributed by atoms with Crippen molar-refractivity contribution in [3.63, 3.8) is 0 Å². The summed E-state index contributed by atoms with van der Waals surface area (Å²) in [5, 5.41) is 5.13. The van der Waals surface area contributed by atoms with E-state index in [1.54, 1.807) is 11.3 Å². The summed E-state index contributed by atoms with van der Waals surface area (Å²) in [5.41, 5.74) is 3.06. The Morgan fingerprint density at radius 3 is 2.94 bits per heavy atom. The van der Waals surface area contributed by atoms with Crippen LogP contribution in [-0.4, -0.2) is 22.0 Å². The number of aromatic amines is 1. The summed E-state index contributed by atoms with van der Waals surface area (Å²) >= 11 is 1.72. The van der Waals surface area contributed by atoms with Crippen molar-refractivity contribution in [2.75, 3.05) is 12.4 Å². The van der Waals surface area contributed by atoms with Crippen LogP contribution in [0.5, 0.6) is 0 Å². The molecule has 3 heterocycles. The molecule has 0 atom stereocenters. The van der Waals surface area contributed by atoms with Gasteiger partial charge in [-0.05, 0) is 35.6 Å². The van der Waals surface area contributed by atoms with E-state index in [1.165, 1.54) is 10.4 Å². The topological polar surface area (TPSA) is 53.6 Å². The van der Waals surface area contributed by atoms with Crippen molar-refractivity contribution in [3.8, 4) is 10.7 Å². The molecule has 5 heteroatoms. The van der Waals surface area contributed by atoms with Crippen LogP contribution in [-0.2, 0) is 6.42 Å². The number of nitrogens with zero attached hydrogens (tertiary/aromatic N) is 2. The molecule has 18 heavy (non-hydrogen) atoms. The van der Waals surface area contributed by atoms with Crippen molar-refractivity contribution >= 4 is 28.3 Å². The fraction of sp³-hybridized carbons (Fsp3) is 0.231. The first kappa shape index (κ1) is 11.2. The predicted octanol–water partition coefficient (Wildman–Crippen LogP) is 3.29. The van der Waals surface area contributed by atoms with Crippen molar-refractivity contribution in [2.24, 2.45) is 0 Å². The highest BCUT2D eigenvalue weighted by atomic mass is 32.1. The zero-order valence-electron chi connectivity index (χ0n) is 10.3. The van der Waals surface area contributed by atoms with Crippen LogP contribution in [0.4, 0.5) is 5.82 Å². The maximum atomic E-state index is 4.58. The van der Waals surface area contributed by atoms with Gasteiger partial charge in [0, 0.05) is 7.05 Å². The number of pyridine rings is 1. The molecule has 0 aliphatic heterocycles. The molecule has 0 saturated heterocycles. The summed E-state index contributed by atoms with van der Waals surface area (Å²) in [5.74, 6) is 1.75. The highest BCUT2D eigenvalue weighted by Crippen LogP contribution is 2.29. The quantitative estimate of drug-likeness (QED) is 0.758. The second kappa shape index (κ2) is 4.42. The molecule has 0 bridgehead atoms. The predicted molar refractivity (Wildman–Crippen MR) is 76.1 cm³/mol. The maximum absolute atomic E-state index is 4.58. The number of fused-ring (bicyclic) bond motifs is 1. The molecular formula is C13H14N4S. The van der Waals surface area contributed by atoms with Gasteiger partial charge in [0.2, 0.25) is 0 Å². The lowest BCUT2D eigenvalue weighted by atomic mass is 10.2. The monoisotopic (exact) mass is 258 g/mol. The van der Waals surface area contributed by atoms with E-state index in [2.05, 4.69) is 38.6 Å². The average Bonchev–Trinajstić information content (AvgIpc) is 3.03. The van der Waals surface area contributed by atoms with E-state index in [4.69, 9.17) is 0 Å². The fourth-order valence-corrected chi connectivity index (χ4v) is 2.90. The minimum absolute atomic E-state index is 0.757. The molecule has 4 nitrogen and oxygen atoms in total. The number of aromatic nitrogens is 3. The Balaban J connectivity index is 2.13. The lowest BCUT2D eigenvalue weighted by Gasteiger charge is -1.95. The first-order valence-electron chi connectivity index (χ1n) is 5.93. The number of aryl methyl sites for hydroxylation is 1. The van der Waals surface area contributed by atoms with Gasteiger partial charge in [-0.1, -0.05) is 6.92 Å². The number of imidazole rings is 1. The van der Waals surface area contributed by atoms with Crippen LogP contribution in [0.1, 0.15) is 12.5 Å². The van der Waals surface area contributed by atoms with Gasteiger partial charge in [-0.3, -0.25) is 0 Å². The van der Waals surface area contributed by atoms with Crippen LogP contribution in [0.2, 0.25) is 0 Å². The summed E-state index contributed by atoms with van der Waals surface area (Å²) in [6.07, 6.45) is 1.02. The SMILES string of the molecule is CCc1ccsc1-c1nc2nc(NC)ccc2[nH]1. The van der Waals surface area contributed by atoms with E-state index in [-0.39, 0.29) is 0 Å². The smallest absolute Gasteiger partial charge is 0.180 e. The molecule has 0 unspecified atom stereocenters. The number of anilines is 1. The largest absolute Gasteiger partial charge is 0.373 e. The average molecular weight is 258 g/mol. The Kier molecular flexibility index (Phi) is 2.76. The molecule has 92 valence electrons. The number of nitrogens with one attached hydrogen (secondary N) is 2. The lowest BCUT2D eigenvalue weighted by Crippen LogP contribution is -1.91. The Labute approximate surface area is 109 Å². The first-order valence-corrected chi connectivity index (χ1v) is 6.81. The molecule has 3 aromatic heterocycles. The standard InChI is InChI=1S/C13H14N4S/c1-3-8-6-7-18-11(8)13-15-9-4-5-10(14-2)16-12(9)17-13/h4-7H,3H2,1-2H3,(H2,14,15,16,17). The van der Waals surface area contributed by atoms with Crippen molar-refractivity contribution in [3.05, 3.63) is 29.1 Å². The van der Waals surface area contributed by atoms with Crippen LogP contribution >= 0.6 is 11.3 Å². The van der Waals surface area contributed by atoms with Gasteiger partial charge in [-0.15, -0.1) is 11.3 Å². The number of hydrogen-bond donors (Lipinski definition) is 2. The third kappa shape index (κ3) is 1.76. The molecular weight excluding hydrogens is 244 g/mol. The Bertz CT molecular complexity index is 683. The van der Waals surface area contributed by atoms with Crippen molar-refractivity contribution in [1.29, 1.82) is 0 Å². The van der Waals surface area contributed by atoms with Crippen LogP contribution in [0.3, 0.4) is 0 Å². The zero-order valence-corrected chi connectivity index (χ0v) is 11.1. The van der Waals surface area contributed by atoms with Crippen LogP contribution in [0, 0.1) is 0 Å². The third-order valence-electron chi connectivity index (χ3n) is 2.94. The molecule has 0 spiro atoms. The van der Waals surface area contributed by atoms with Gasteiger partial charge in [0.05, 0.1) is 10.4 Å². The second-order valence-corrected chi connectivity index (χ2v) is 4.95. The van der Waals surface area contributed by atoms with Crippen molar-refractivity contribution in [1.82, 2.24) is 15.0 Å². The summed E-state index contributed by atoms with van der Waals surface area (Å²) in [4.78, 5) is 13.5. The normalized spacial score (nSPS) is 11.0. The molecule has 0 radical (unpaired) electrons. The van der Waals surface area contributed by atoms with Crippen molar-refractivity contribution in [2.45, 2.75) is 13.3 Å². The van der Waals surface area contributed by atoms with E-state index in [0.717, 1.165) is 29.2 Å². The van der Waals surface area contributed by atoms with Gasteiger partial charge in [-0.2, -0.15) is 0 Å². The molecule has 3 aromatic rings. The van der Waals surface area contributed by atoms with E-state index in [0.29, 0.717) is 0 Å². The van der Waals surface area contributed by atoms with Crippen molar-refractivity contribution < 1.29 is 0 Å². The van der Waals surface area contributed by atoms with Crippen LogP contribution in [0.25, 0.3) is 21.9 Å². The van der Waals surface area contributed by atoms with E-state index < -0.39 is 0 Å². The van der Waals surface area contributed by atoms with Crippen LogP contribution < -0.4 is 5.32 Å². The second-order valence-electron chi connectivity index (χ2n) is 4.03. The van der Waals surface area contributed by atoms with Crippen LogP contribution in [0.15, 0.2) is 23.6 Å². The highest BCUT2D eigenvalue weighted by molar-refractivity contribution is 7.13. The minimum Gasteiger partial charge on any atom is -0.373 e. The lowest BCUT2D eigenvalue weighted by molar-refractivity contribution is 1.15. The van der Waals surface area contributed by atoms with Gasteiger partial charge in [0.25, 0.3) is 0 Å². The van der Waals surface area contributed by atoms with Gasteiger partial charge in [0.1, 0.15) is 5.82 Å². The summed E-state index contributed by atoms with van der Waals surface area (Å²) in [7, 11) is 1.86. The molecule has 0 aliphatic carbocycles. The van der Waals surface area contributed by atoms with Gasteiger partial charge in [-0.25, -0.2) is 9.97 Å². The molecule has 0 fully saturated rings. The highest BCUT2D eigenvalue weighted by Gasteiger charge is 2.11. The summed E-state index contributed by atoms with van der Waals surface area (Å²) in [6, 6.07) is 6.10. The number of H-pyrrole nitrogens is 1. The van der Waals surface area contributed by atoms with E-state index >= 15 is 0 Å². The van der Waals surface area contributed by atoms with Gasteiger partial charge >= 0.3 is 0 Å². The fourth-order valence-electron chi connectivity index (χ4n) is 1.96. The Morgan fingerprint density at radius 1 is 1.28 bits per heavy atom. The number of rotatable bonds is 3. The summed E-state index contributed by atoms with van der Waals surface area (Å²) < 4.78 is 0. The minimum atomic E-state index is 0.757. The zero-order chi connectivity index (χ0) is 12.5. The molecule has 0 amide bonds. The molecule has 0 aliphatic rings. The maximum Gasteiger partial charge on any atom is 0.180 e. The van der Waals surface area contributed by atoms with Gasteiger partial charge in [0.15, 0.2) is 11.5 Å². The Hall–Kier alpha value is -1.88. The number of hydrogen-bond acceptors (Lipinski definition) is 4. The van der Waals surface area contributed by atoms with E-state index in [1.807, 2.05) is 19.2 Å². The van der Waals surface area contributed by atoms with Gasteiger partial charge < -0.3 is 10.3 Å².